The molecule has 9 heteroatoms. The van der Waals surface area contributed by atoms with Gasteiger partial charge in [0.05, 0.1) is 16.8 Å². The van der Waals surface area contributed by atoms with Gasteiger partial charge in [0.25, 0.3) is 5.91 Å². The third kappa shape index (κ3) is 3.59. The van der Waals surface area contributed by atoms with E-state index in [2.05, 4.69) is 4.98 Å². The fourth-order valence-electron chi connectivity index (χ4n) is 3.05. The van der Waals surface area contributed by atoms with Crippen LogP contribution in [0, 0.1) is 13.8 Å². The normalized spacial score (nSPS) is 18.4. The highest BCUT2D eigenvalue weighted by Gasteiger charge is 2.39. The van der Waals surface area contributed by atoms with Crippen LogP contribution in [0.15, 0.2) is 0 Å². The van der Waals surface area contributed by atoms with Crippen LogP contribution in [0.5, 0.6) is 0 Å². The second kappa shape index (κ2) is 6.18. The molecule has 2 N–H and O–H groups in total. The Labute approximate surface area is 135 Å². The standard InChI is InChI=1S/C15H18F5N3O/c1-8-10(12(21)24)13(22-9(2)11(8)15(18,19)20)23-6-3-4-14(16,17)5-7-23/h3-7H2,1-2H3,(H2,21,24). The van der Waals surface area contributed by atoms with Gasteiger partial charge in [0.2, 0.25) is 5.92 Å². The summed E-state index contributed by atoms with van der Waals surface area (Å²) in [5.41, 5.74) is 3.24. The SMILES string of the molecule is Cc1nc(N2CCCC(F)(F)CC2)c(C(N)=O)c(C)c1C(F)(F)F. The smallest absolute Gasteiger partial charge is 0.365 e. The van der Waals surface area contributed by atoms with E-state index < -0.39 is 30.0 Å². The first-order valence-electron chi connectivity index (χ1n) is 7.45. The summed E-state index contributed by atoms with van der Waals surface area (Å²) in [7, 11) is 0. The summed E-state index contributed by atoms with van der Waals surface area (Å²) in [6, 6.07) is 0. The number of nitrogens with two attached hydrogens (primary N) is 1. The minimum atomic E-state index is -4.68. The Kier molecular flexibility index (Phi) is 4.74. The molecule has 2 heterocycles. The van der Waals surface area contributed by atoms with Crippen LogP contribution in [0.4, 0.5) is 27.8 Å². The van der Waals surface area contributed by atoms with Gasteiger partial charge in [0.1, 0.15) is 5.82 Å². The average molecular weight is 351 g/mol. The minimum Gasteiger partial charge on any atom is -0.365 e. The van der Waals surface area contributed by atoms with E-state index in [1.165, 1.54) is 11.8 Å². The van der Waals surface area contributed by atoms with E-state index in [0.29, 0.717) is 0 Å². The van der Waals surface area contributed by atoms with Crippen molar-refractivity contribution in [1.29, 1.82) is 0 Å². The molecule has 0 saturated carbocycles. The highest BCUT2D eigenvalue weighted by atomic mass is 19.4. The Morgan fingerprint density at radius 3 is 2.38 bits per heavy atom. The monoisotopic (exact) mass is 351 g/mol. The molecule has 0 atom stereocenters. The summed E-state index contributed by atoms with van der Waals surface area (Å²) in [4.78, 5) is 17.0. The zero-order valence-corrected chi connectivity index (χ0v) is 13.3. The van der Waals surface area contributed by atoms with Gasteiger partial charge in [-0.3, -0.25) is 4.79 Å². The summed E-state index contributed by atoms with van der Waals surface area (Å²) in [5, 5.41) is 0. The van der Waals surface area contributed by atoms with Crippen molar-refractivity contribution in [3.8, 4) is 0 Å². The number of carbonyl (C=O) groups is 1. The second-order valence-corrected chi connectivity index (χ2v) is 5.95. The maximum Gasteiger partial charge on any atom is 0.418 e. The lowest BCUT2D eigenvalue weighted by Gasteiger charge is -2.26. The van der Waals surface area contributed by atoms with Crippen LogP contribution in [0.25, 0.3) is 0 Å². The maximum absolute atomic E-state index is 13.5. The molecule has 0 bridgehead atoms. The van der Waals surface area contributed by atoms with Crippen LogP contribution in [-0.4, -0.2) is 29.9 Å². The maximum atomic E-state index is 13.5. The average Bonchev–Trinajstić information content (AvgIpc) is 2.56. The lowest BCUT2D eigenvalue weighted by atomic mass is 10.00. The summed E-state index contributed by atoms with van der Waals surface area (Å²) < 4.78 is 66.6. The van der Waals surface area contributed by atoms with Gasteiger partial charge < -0.3 is 10.6 Å². The van der Waals surface area contributed by atoms with E-state index in [4.69, 9.17) is 5.73 Å². The predicted octanol–water partition coefficient (Wildman–Crippen LogP) is 3.44. The molecule has 1 aromatic heterocycles. The van der Waals surface area contributed by atoms with Gasteiger partial charge in [0, 0.05) is 25.9 Å². The number of amides is 1. The molecule has 0 aromatic carbocycles. The Hall–Kier alpha value is -1.93. The molecule has 2 rings (SSSR count). The van der Waals surface area contributed by atoms with Crippen molar-refractivity contribution in [2.45, 2.75) is 45.2 Å². The van der Waals surface area contributed by atoms with E-state index in [1.54, 1.807) is 0 Å². The van der Waals surface area contributed by atoms with Gasteiger partial charge in [-0.1, -0.05) is 0 Å². The van der Waals surface area contributed by atoms with Gasteiger partial charge in [0.15, 0.2) is 0 Å². The van der Waals surface area contributed by atoms with Crippen molar-refractivity contribution in [2.75, 3.05) is 18.0 Å². The molecule has 24 heavy (non-hydrogen) atoms. The fraction of sp³-hybridized carbons (Fsp3) is 0.600. The molecule has 4 nitrogen and oxygen atoms in total. The summed E-state index contributed by atoms with van der Waals surface area (Å²) >= 11 is 0. The Morgan fingerprint density at radius 2 is 1.83 bits per heavy atom. The summed E-state index contributed by atoms with van der Waals surface area (Å²) in [6.07, 6.45) is -5.30. The van der Waals surface area contributed by atoms with Crippen LogP contribution in [0.2, 0.25) is 0 Å². The van der Waals surface area contributed by atoms with Gasteiger partial charge in [-0.05, 0) is 25.8 Å². The van der Waals surface area contributed by atoms with Crippen LogP contribution >= 0.6 is 0 Å². The molecule has 1 saturated heterocycles. The van der Waals surface area contributed by atoms with Crippen molar-refractivity contribution in [1.82, 2.24) is 4.98 Å². The molecule has 0 unspecified atom stereocenters. The number of aryl methyl sites for hydroxylation is 1. The Morgan fingerprint density at radius 1 is 1.21 bits per heavy atom. The zero-order chi connectivity index (χ0) is 18.3. The Balaban J connectivity index is 2.56. The molecule has 1 aromatic rings. The molecule has 0 radical (unpaired) electrons. The van der Waals surface area contributed by atoms with Crippen LogP contribution in [0.1, 0.15) is 46.4 Å². The molecular weight excluding hydrogens is 333 g/mol. The lowest BCUT2D eigenvalue weighted by molar-refractivity contribution is -0.138. The first kappa shape index (κ1) is 18.4. The van der Waals surface area contributed by atoms with Gasteiger partial charge in [-0.15, -0.1) is 0 Å². The van der Waals surface area contributed by atoms with Gasteiger partial charge in [-0.2, -0.15) is 13.2 Å². The van der Waals surface area contributed by atoms with Crippen LogP contribution in [0.3, 0.4) is 0 Å². The highest BCUT2D eigenvalue weighted by molar-refractivity contribution is 5.99. The van der Waals surface area contributed by atoms with Gasteiger partial charge in [-0.25, -0.2) is 13.8 Å². The summed E-state index contributed by atoms with van der Waals surface area (Å²) in [6.45, 7) is 2.39. The summed E-state index contributed by atoms with van der Waals surface area (Å²) in [5.74, 6) is -3.95. The largest absolute Gasteiger partial charge is 0.418 e. The molecule has 1 amide bonds. The number of nitrogens with zero attached hydrogens (tertiary/aromatic N) is 2. The number of alkyl halides is 5. The predicted molar refractivity (Wildman–Crippen MR) is 78.2 cm³/mol. The number of hydrogen-bond donors (Lipinski definition) is 1. The molecule has 1 fully saturated rings. The minimum absolute atomic E-state index is 0.0526. The number of aromatic nitrogens is 1. The van der Waals surface area contributed by atoms with E-state index in [9.17, 15) is 26.7 Å². The molecule has 1 aliphatic rings. The van der Waals surface area contributed by atoms with E-state index in [1.807, 2.05) is 0 Å². The third-order valence-corrected chi connectivity index (χ3v) is 4.16. The van der Waals surface area contributed by atoms with Crippen LogP contribution in [-0.2, 0) is 6.18 Å². The van der Waals surface area contributed by atoms with Crippen molar-refractivity contribution < 1.29 is 26.7 Å². The Bertz CT molecular complexity index is 657. The highest BCUT2D eigenvalue weighted by Crippen LogP contribution is 2.38. The number of carbonyl (C=O) groups excluding carboxylic acids is 1. The van der Waals surface area contributed by atoms with E-state index in [-0.39, 0.29) is 48.6 Å². The fourth-order valence-corrected chi connectivity index (χ4v) is 3.05. The molecule has 1 aliphatic heterocycles. The molecule has 0 aliphatic carbocycles. The molecule has 134 valence electrons. The first-order chi connectivity index (χ1) is 10.9. The van der Waals surface area contributed by atoms with E-state index in [0.717, 1.165) is 6.92 Å². The third-order valence-electron chi connectivity index (χ3n) is 4.16. The topological polar surface area (TPSA) is 59.2 Å². The number of anilines is 1. The quantitative estimate of drug-likeness (QED) is 0.831. The first-order valence-corrected chi connectivity index (χ1v) is 7.45. The number of pyridine rings is 1. The number of halogens is 5. The van der Waals surface area contributed by atoms with E-state index >= 15 is 0 Å². The number of hydrogen-bond acceptors (Lipinski definition) is 3. The van der Waals surface area contributed by atoms with Crippen molar-refractivity contribution in [2.24, 2.45) is 5.73 Å². The van der Waals surface area contributed by atoms with Crippen molar-refractivity contribution >= 4 is 11.7 Å². The number of rotatable bonds is 2. The molecule has 0 spiro atoms. The van der Waals surface area contributed by atoms with Crippen molar-refractivity contribution in [3.63, 3.8) is 0 Å². The van der Waals surface area contributed by atoms with Crippen LogP contribution < -0.4 is 10.6 Å². The van der Waals surface area contributed by atoms with Gasteiger partial charge >= 0.3 is 6.18 Å². The lowest BCUT2D eigenvalue weighted by Crippen LogP contribution is -2.31. The second-order valence-electron chi connectivity index (χ2n) is 5.95. The van der Waals surface area contributed by atoms with Crippen molar-refractivity contribution in [3.05, 3.63) is 22.4 Å². The zero-order valence-electron chi connectivity index (χ0n) is 13.3. The number of primary amides is 1. The molecular formula is C15H18F5N3O.